The number of aromatic nitrogens is 2. The van der Waals surface area contributed by atoms with Gasteiger partial charge in [-0.15, -0.1) is 18.3 Å². The zero-order chi connectivity index (χ0) is 22.2. The lowest BCUT2D eigenvalue weighted by molar-refractivity contribution is -0.274. The second-order valence-electron chi connectivity index (χ2n) is 7.06. The summed E-state index contributed by atoms with van der Waals surface area (Å²) >= 11 is 0. The molecule has 0 aliphatic carbocycles. The van der Waals surface area contributed by atoms with E-state index < -0.39 is 22.1 Å². The van der Waals surface area contributed by atoms with Crippen molar-refractivity contribution in [2.75, 3.05) is 31.1 Å². The average molecular weight is 452 g/mol. The van der Waals surface area contributed by atoms with Gasteiger partial charge < -0.3 is 9.64 Å². The number of benzene rings is 2. The molecule has 7 nitrogen and oxygen atoms in total. The zero-order valence-corrected chi connectivity index (χ0v) is 17.3. The highest BCUT2D eigenvalue weighted by Gasteiger charge is 2.32. The molecule has 0 saturated carbocycles. The highest BCUT2D eigenvalue weighted by Crippen LogP contribution is 2.28. The van der Waals surface area contributed by atoms with E-state index in [1.165, 1.54) is 4.31 Å². The fraction of sp³-hybridized carbons (Fsp3) is 0.300. The summed E-state index contributed by atoms with van der Waals surface area (Å²) in [4.78, 5) is 1.90. The Labute approximate surface area is 177 Å². The van der Waals surface area contributed by atoms with Crippen molar-refractivity contribution < 1.29 is 26.3 Å². The molecule has 0 atom stereocenters. The summed E-state index contributed by atoms with van der Waals surface area (Å²) < 4.78 is 67.8. The van der Waals surface area contributed by atoms with Crippen molar-refractivity contribution in [1.29, 1.82) is 0 Å². The number of ether oxygens (including phenoxy) is 1. The predicted molar refractivity (Wildman–Crippen MR) is 108 cm³/mol. The maximum atomic E-state index is 12.9. The van der Waals surface area contributed by atoms with E-state index in [9.17, 15) is 21.6 Å². The average Bonchev–Trinajstić information content (AvgIpc) is 2.74. The molecule has 31 heavy (non-hydrogen) atoms. The first kappa shape index (κ1) is 21.3. The van der Waals surface area contributed by atoms with E-state index in [0.29, 0.717) is 18.9 Å². The Balaban J connectivity index is 1.49. The molecule has 1 aliphatic rings. The smallest absolute Gasteiger partial charge is 0.406 e. The van der Waals surface area contributed by atoms with Gasteiger partial charge in [-0.25, -0.2) is 8.42 Å². The minimum absolute atomic E-state index is 0.0870. The molecule has 1 aromatic heterocycles. The van der Waals surface area contributed by atoms with Crippen LogP contribution in [-0.2, 0) is 10.0 Å². The third-order valence-corrected chi connectivity index (χ3v) is 7.00. The number of piperazine rings is 1. The van der Waals surface area contributed by atoms with Gasteiger partial charge in [0.05, 0.1) is 10.6 Å². The molecule has 2 heterocycles. The molecule has 0 spiro atoms. The second kappa shape index (κ2) is 7.97. The van der Waals surface area contributed by atoms with Gasteiger partial charge >= 0.3 is 6.36 Å². The Kier molecular flexibility index (Phi) is 5.48. The Morgan fingerprint density at radius 3 is 2.13 bits per heavy atom. The van der Waals surface area contributed by atoms with Crippen LogP contribution in [0, 0.1) is 6.92 Å². The Hall–Kier alpha value is -2.92. The largest absolute Gasteiger partial charge is 0.573 e. The quantitative estimate of drug-likeness (QED) is 0.605. The van der Waals surface area contributed by atoms with Crippen LogP contribution >= 0.6 is 0 Å². The normalized spacial score (nSPS) is 15.9. The van der Waals surface area contributed by atoms with E-state index in [0.717, 1.165) is 40.7 Å². The van der Waals surface area contributed by atoms with Gasteiger partial charge in [-0.1, -0.05) is 24.3 Å². The SMILES string of the molecule is Cc1nnc(N2CCN(S(=O)(=O)c3ccc(OC(F)(F)F)cc3)CC2)c2ccccc12. The first-order valence-corrected chi connectivity index (χ1v) is 10.9. The maximum absolute atomic E-state index is 12.9. The van der Waals surface area contributed by atoms with Crippen LogP contribution in [0.5, 0.6) is 5.75 Å². The van der Waals surface area contributed by atoms with Crippen molar-refractivity contribution in [3.63, 3.8) is 0 Å². The summed E-state index contributed by atoms with van der Waals surface area (Å²) in [6.45, 7) is 3.14. The van der Waals surface area contributed by atoms with Crippen molar-refractivity contribution in [3.05, 3.63) is 54.2 Å². The minimum atomic E-state index is -4.83. The second-order valence-corrected chi connectivity index (χ2v) is 9.00. The van der Waals surface area contributed by atoms with Crippen LogP contribution in [0.1, 0.15) is 5.69 Å². The van der Waals surface area contributed by atoms with Crippen molar-refractivity contribution in [2.24, 2.45) is 0 Å². The van der Waals surface area contributed by atoms with Gasteiger partial charge in [0.15, 0.2) is 5.82 Å². The third-order valence-electron chi connectivity index (χ3n) is 5.09. The van der Waals surface area contributed by atoms with Crippen molar-refractivity contribution in [2.45, 2.75) is 18.2 Å². The molecule has 2 aromatic carbocycles. The van der Waals surface area contributed by atoms with Gasteiger partial charge in [0.1, 0.15) is 5.75 Å². The number of alkyl halides is 3. The first-order valence-electron chi connectivity index (χ1n) is 9.48. The zero-order valence-electron chi connectivity index (χ0n) is 16.5. The molecule has 0 bridgehead atoms. The van der Waals surface area contributed by atoms with E-state index in [4.69, 9.17) is 0 Å². The number of hydrogen-bond acceptors (Lipinski definition) is 6. The number of rotatable bonds is 4. The van der Waals surface area contributed by atoms with Gasteiger partial charge in [0.25, 0.3) is 0 Å². The van der Waals surface area contributed by atoms with Crippen molar-refractivity contribution in [3.8, 4) is 5.75 Å². The Morgan fingerprint density at radius 1 is 0.903 bits per heavy atom. The van der Waals surface area contributed by atoms with Crippen LogP contribution in [0.25, 0.3) is 10.8 Å². The fourth-order valence-corrected chi connectivity index (χ4v) is 4.98. The lowest BCUT2D eigenvalue weighted by Crippen LogP contribution is -2.49. The van der Waals surface area contributed by atoms with Crippen LogP contribution in [0.3, 0.4) is 0 Å². The third kappa shape index (κ3) is 4.42. The van der Waals surface area contributed by atoms with E-state index in [2.05, 4.69) is 14.9 Å². The van der Waals surface area contributed by atoms with Crippen LogP contribution in [0.15, 0.2) is 53.4 Å². The highest BCUT2D eigenvalue weighted by molar-refractivity contribution is 7.89. The monoisotopic (exact) mass is 452 g/mol. The minimum Gasteiger partial charge on any atom is -0.406 e. The molecule has 3 aromatic rings. The summed E-state index contributed by atoms with van der Waals surface area (Å²) in [5, 5.41) is 10.5. The summed E-state index contributed by atoms with van der Waals surface area (Å²) in [6, 6.07) is 12.0. The van der Waals surface area contributed by atoms with Gasteiger partial charge in [0.2, 0.25) is 10.0 Å². The molecule has 1 fully saturated rings. The highest BCUT2D eigenvalue weighted by atomic mass is 32.2. The Morgan fingerprint density at radius 2 is 1.52 bits per heavy atom. The molecular weight excluding hydrogens is 433 g/mol. The van der Waals surface area contributed by atoms with Crippen molar-refractivity contribution in [1.82, 2.24) is 14.5 Å². The molecule has 1 aliphatic heterocycles. The lowest BCUT2D eigenvalue weighted by atomic mass is 10.1. The van der Waals surface area contributed by atoms with E-state index in [1.54, 1.807) is 0 Å². The number of aryl methyl sites for hydroxylation is 1. The fourth-order valence-electron chi connectivity index (χ4n) is 3.56. The summed E-state index contributed by atoms with van der Waals surface area (Å²) in [5.41, 5.74) is 0.818. The number of nitrogens with zero attached hydrogens (tertiary/aromatic N) is 4. The molecule has 0 radical (unpaired) electrons. The van der Waals surface area contributed by atoms with Gasteiger partial charge in [-0.3, -0.25) is 0 Å². The van der Waals surface area contributed by atoms with Crippen LogP contribution in [-0.4, -0.2) is 55.5 Å². The number of anilines is 1. The van der Waals surface area contributed by atoms with E-state index in [-0.39, 0.29) is 18.0 Å². The topological polar surface area (TPSA) is 75.6 Å². The summed E-state index contributed by atoms with van der Waals surface area (Å²) in [5.74, 6) is 0.230. The Bertz CT molecular complexity index is 1190. The molecule has 0 N–H and O–H groups in total. The molecule has 0 unspecified atom stereocenters. The molecule has 164 valence electrons. The standard InChI is InChI=1S/C20H19F3N4O3S/c1-14-17-4-2-3-5-18(17)19(25-24-14)26-10-12-27(13-11-26)31(28,29)16-8-6-15(7-9-16)30-20(21,22)23/h2-9H,10-13H2,1H3. The molecule has 1 saturated heterocycles. The molecule has 4 rings (SSSR count). The number of hydrogen-bond donors (Lipinski definition) is 0. The molecule has 0 amide bonds. The van der Waals surface area contributed by atoms with Gasteiger partial charge in [0, 0.05) is 37.0 Å². The first-order chi connectivity index (χ1) is 14.6. The summed E-state index contributed by atoms with van der Waals surface area (Å²) in [6.07, 6.45) is -4.83. The molecule has 11 heteroatoms. The van der Waals surface area contributed by atoms with E-state index >= 15 is 0 Å². The van der Waals surface area contributed by atoms with Crippen LogP contribution < -0.4 is 9.64 Å². The maximum Gasteiger partial charge on any atom is 0.573 e. The number of fused-ring (bicyclic) bond motifs is 1. The van der Waals surface area contributed by atoms with Gasteiger partial charge in [-0.2, -0.15) is 9.40 Å². The van der Waals surface area contributed by atoms with Crippen molar-refractivity contribution >= 4 is 26.6 Å². The van der Waals surface area contributed by atoms with E-state index in [1.807, 2.05) is 36.1 Å². The molecular formula is C20H19F3N4O3S. The lowest BCUT2D eigenvalue weighted by Gasteiger charge is -2.35. The van der Waals surface area contributed by atoms with Crippen LogP contribution in [0.4, 0.5) is 19.0 Å². The van der Waals surface area contributed by atoms with Crippen LogP contribution in [0.2, 0.25) is 0 Å². The predicted octanol–water partition coefficient (Wildman–Crippen LogP) is 3.35. The number of halogens is 3. The summed E-state index contributed by atoms with van der Waals surface area (Å²) in [7, 11) is -3.84. The van der Waals surface area contributed by atoms with Gasteiger partial charge in [-0.05, 0) is 31.2 Å². The number of sulfonamides is 1.